The molecular weight excluding hydrogens is 426 g/mol. The molecule has 0 saturated heterocycles. The van der Waals surface area contributed by atoms with Crippen LogP contribution in [0.5, 0.6) is 0 Å². The Morgan fingerprint density at radius 3 is 2.52 bits per heavy atom. The summed E-state index contributed by atoms with van der Waals surface area (Å²) in [5.41, 5.74) is 1.80. The van der Waals surface area contributed by atoms with Gasteiger partial charge < -0.3 is 4.57 Å². The van der Waals surface area contributed by atoms with Crippen molar-refractivity contribution in [2.75, 3.05) is 0 Å². The van der Waals surface area contributed by atoms with E-state index in [0.29, 0.717) is 0 Å². The number of hydrogen-bond donors (Lipinski definition) is 1. The molecule has 1 N–H and O–H groups in total. The summed E-state index contributed by atoms with van der Waals surface area (Å²) in [4.78, 5) is 4.06. The van der Waals surface area contributed by atoms with Crippen LogP contribution in [0, 0.1) is 0 Å². The number of hydrogen-bond acceptors (Lipinski definition) is 3. The Morgan fingerprint density at radius 2 is 1.92 bits per heavy atom. The summed E-state index contributed by atoms with van der Waals surface area (Å²) in [7, 11) is -3.73. The second-order valence-corrected chi connectivity index (χ2v) is 8.48. The summed E-state index contributed by atoms with van der Waals surface area (Å²) < 4.78 is 30.4. The molecule has 0 aliphatic rings. The van der Waals surface area contributed by atoms with Crippen molar-refractivity contribution in [2.24, 2.45) is 0 Å². The van der Waals surface area contributed by atoms with E-state index in [1.807, 2.05) is 35.0 Å². The van der Waals surface area contributed by atoms with E-state index < -0.39 is 16.1 Å². The maximum atomic E-state index is 12.6. The third-order valence-electron chi connectivity index (χ3n) is 3.71. The molecule has 0 amide bonds. The molecule has 0 bridgehead atoms. The Labute approximate surface area is 159 Å². The highest BCUT2D eigenvalue weighted by Crippen LogP contribution is 2.26. The van der Waals surface area contributed by atoms with Gasteiger partial charge in [0.2, 0.25) is 10.0 Å². The quantitative estimate of drug-likeness (QED) is 0.642. The molecule has 1 heterocycles. The zero-order valence-electron chi connectivity index (χ0n) is 13.2. The molecule has 0 aliphatic carbocycles. The lowest BCUT2D eigenvalue weighted by Gasteiger charge is -2.16. The summed E-state index contributed by atoms with van der Waals surface area (Å²) in [5.74, 6) is 0. The molecule has 5 nitrogen and oxygen atoms in total. The number of halogens is 2. The van der Waals surface area contributed by atoms with Crippen LogP contribution in [0.25, 0.3) is 5.69 Å². The van der Waals surface area contributed by atoms with Crippen molar-refractivity contribution in [3.05, 3.63) is 76.2 Å². The van der Waals surface area contributed by atoms with Gasteiger partial charge in [-0.25, -0.2) is 18.1 Å². The Morgan fingerprint density at radius 1 is 1.20 bits per heavy atom. The van der Waals surface area contributed by atoms with Gasteiger partial charge in [0, 0.05) is 28.6 Å². The van der Waals surface area contributed by atoms with Crippen LogP contribution in [0.15, 0.2) is 70.6 Å². The number of nitrogens with one attached hydrogen (secondary N) is 1. The van der Waals surface area contributed by atoms with Crippen LogP contribution in [0.3, 0.4) is 0 Å². The molecular formula is C17H15BrClN3O2S. The van der Waals surface area contributed by atoms with E-state index in [2.05, 4.69) is 25.6 Å². The molecule has 0 saturated carbocycles. The second kappa shape index (κ2) is 7.29. The largest absolute Gasteiger partial charge is 0.306 e. The monoisotopic (exact) mass is 439 g/mol. The molecule has 1 aromatic heterocycles. The van der Waals surface area contributed by atoms with Gasteiger partial charge in [-0.3, -0.25) is 0 Å². The fourth-order valence-corrected chi connectivity index (χ4v) is 4.67. The van der Waals surface area contributed by atoms with Gasteiger partial charge in [-0.05, 0) is 42.8 Å². The van der Waals surface area contributed by atoms with Crippen LogP contribution >= 0.6 is 27.5 Å². The van der Waals surface area contributed by atoms with E-state index in [1.165, 1.54) is 6.07 Å². The molecule has 8 heteroatoms. The maximum Gasteiger partial charge on any atom is 0.242 e. The average molecular weight is 441 g/mol. The van der Waals surface area contributed by atoms with Crippen LogP contribution in [0.2, 0.25) is 5.02 Å². The molecule has 3 aromatic rings. The zero-order chi connectivity index (χ0) is 18.0. The lowest BCUT2D eigenvalue weighted by molar-refractivity contribution is 0.567. The van der Waals surface area contributed by atoms with Crippen molar-refractivity contribution in [3.8, 4) is 5.69 Å². The first-order valence-corrected chi connectivity index (χ1v) is 10.1. The summed E-state index contributed by atoms with van der Waals surface area (Å²) >= 11 is 9.33. The minimum atomic E-state index is -3.73. The predicted molar refractivity (Wildman–Crippen MR) is 101 cm³/mol. The minimum Gasteiger partial charge on any atom is -0.306 e. The third kappa shape index (κ3) is 4.12. The average Bonchev–Trinajstić information content (AvgIpc) is 3.08. The molecule has 2 aromatic carbocycles. The first-order valence-electron chi connectivity index (χ1n) is 7.42. The standard InChI is InChI=1S/C17H15BrClN3O2S/c1-12(13-2-5-15(6-3-13)22-9-8-20-11-22)21-25(23,24)17-7-4-14(18)10-16(17)19/h2-12,21H,1H3. The van der Waals surface area contributed by atoms with Crippen molar-refractivity contribution in [3.63, 3.8) is 0 Å². The van der Waals surface area contributed by atoms with Crippen LogP contribution in [-0.4, -0.2) is 18.0 Å². The van der Waals surface area contributed by atoms with Gasteiger partial charge in [-0.15, -0.1) is 0 Å². The van der Waals surface area contributed by atoms with Crippen LogP contribution in [0.1, 0.15) is 18.5 Å². The van der Waals surface area contributed by atoms with Crippen molar-refractivity contribution in [1.29, 1.82) is 0 Å². The highest BCUT2D eigenvalue weighted by Gasteiger charge is 2.21. The SMILES string of the molecule is CC(NS(=O)(=O)c1ccc(Br)cc1Cl)c1ccc(-n2ccnc2)cc1. The topological polar surface area (TPSA) is 64.0 Å². The van der Waals surface area contributed by atoms with E-state index in [1.54, 1.807) is 31.6 Å². The number of rotatable bonds is 5. The molecule has 0 aliphatic heterocycles. The van der Waals surface area contributed by atoms with Gasteiger partial charge in [0.25, 0.3) is 0 Å². The van der Waals surface area contributed by atoms with E-state index in [0.717, 1.165) is 15.7 Å². The molecule has 0 fully saturated rings. The molecule has 1 unspecified atom stereocenters. The van der Waals surface area contributed by atoms with E-state index >= 15 is 0 Å². The fourth-order valence-electron chi connectivity index (χ4n) is 2.40. The third-order valence-corrected chi connectivity index (χ3v) is 6.23. The molecule has 130 valence electrons. The maximum absolute atomic E-state index is 12.6. The first kappa shape index (κ1) is 18.1. The van der Waals surface area contributed by atoms with Crippen molar-refractivity contribution >= 4 is 37.6 Å². The van der Waals surface area contributed by atoms with Gasteiger partial charge in [-0.1, -0.05) is 39.7 Å². The summed E-state index contributed by atoms with van der Waals surface area (Å²) in [5, 5.41) is 0.171. The summed E-state index contributed by atoms with van der Waals surface area (Å²) in [6, 6.07) is 11.9. The number of imidazole rings is 1. The lowest BCUT2D eigenvalue weighted by atomic mass is 10.1. The fraction of sp³-hybridized carbons (Fsp3) is 0.118. The lowest BCUT2D eigenvalue weighted by Crippen LogP contribution is -2.27. The van der Waals surface area contributed by atoms with Gasteiger partial charge in [0.1, 0.15) is 4.90 Å². The molecule has 3 rings (SSSR count). The number of aromatic nitrogens is 2. The van der Waals surface area contributed by atoms with Gasteiger partial charge >= 0.3 is 0 Å². The zero-order valence-corrected chi connectivity index (χ0v) is 16.4. The molecule has 0 spiro atoms. The Bertz CT molecular complexity index is 974. The van der Waals surface area contributed by atoms with Crippen molar-refractivity contribution < 1.29 is 8.42 Å². The molecule has 0 radical (unpaired) electrons. The Kier molecular flexibility index (Phi) is 5.29. The van der Waals surface area contributed by atoms with Crippen molar-refractivity contribution in [1.82, 2.24) is 14.3 Å². The Balaban J connectivity index is 1.80. The van der Waals surface area contributed by atoms with Crippen LogP contribution < -0.4 is 4.72 Å². The minimum absolute atomic E-state index is 0.0549. The number of sulfonamides is 1. The number of benzene rings is 2. The summed E-state index contributed by atoms with van der Waals surface area (Å²) in [6.45, 7) is 1.79. The normalized spacial score (nSPS) is 12.9. The van der Waals surface area contributed by atoms with Gasteiger partial charge in [0.05, 0.1) is 11.3 Å². The van der Waals surface area contributed by atoms with E-state index in [9.17, 15) is 8.42 Å². The predicted octanol–water partition coefficient (Wildman–Crippen LogP) is 4.33. The molecule has 25 heavy (non-hydrogen) atoms. The van der Waals surface area contributed by atoms with Crippen molar-refractivity contribution in [2.45, 2.75) is 17.9 Å². The van der Waals surface area contributed by atoms with E-state index in [4.69, 9.17) is 11.6 Å². The van der Waals surface area contributed by atoms with Gasteiger partial charge in [0.15, 0.2) is 0 Å². The number of nitrogens with zero attached hydrogens (tertiary/aromatic N) is 2. The smallest absolute Gasteiger partial charge is 0.242 e. The van der Waals surface area contributed by atoms with Crippen LogP contribution in [-0.2, 0) is 10.0 Å². The Hall–Kier alpha value is -1.67. The first-order chi connectivity index (χ1) is 11.9. The van der Waals surface area contributed by atoms with Crippen LogP contribution in [0.4, 0.5) is 0 Å². The highest BCUT2D eigenvalue weighted by molar-refractivity contribution is 9.10. The summed E-state index contributed by atoms with van der Waals surface area (Å²) in [6.07, 6.45) is 5.25. The molecule has 1 atom stereocenters. The van der Waals surface area contributed by atoms with Gasteiger partial charge in [-0.2, -0.15) is 0 Å². The van der Waals surface area contributed by atoms with E-state index in [-0.39, 0.29) is 9.92 Å². The second-order valence-electron chi connectivity index (χ2n) is 5.48. The highest BCUT2D eigenvalue weighted by atomic mass is 79.9.